The fourth-order valence-electron chi connectivity index (χ4n) is 9.09. The van der Waals surface area contributed by atoms with Gasteiger partial charge in [-0.25, -0.2) is 0 Å². The molecule has 0 amide bonds. The van der Waals surface area contributed by atoms with Crippen LogP contribution in [-0.2, 0) is 28.6 Å². The van der Waals surface area contributed by atoms with Gasteiger partial charge in [0.25, 0.3) is 0 Å². The van der Waals surface area contributed by atoms with Crippen LogP contribution in [0.15, 0.2) is 48.6 Å². The minimum Gasteiger partial charge on any atom is -0.462 e. The molecule has 0 spiro atoms. The molecular formula is C65H118O6. The molecule has 0 radical (unpaired) electrons. The topological polar surface area (TPSA) is 78.9 Å². The van der Waals surface area contributed by atoms with Crippen LogP contribution in [0.4, 0.5) is 0 Å². The zero-order valence-electron chi connectivity index (χ0n) is 47.5. The van der Waals surface area contributed by atoms with Gasteiger partial charge in [-0.05, 0) is 83.5 Å². The lowest BCUT2D eigenvalue weighted by atomic mass is 10.0. The monoisotopic (exact) mass is 995 g/mol. The van der Waals surface area contributed by atoms with E-state index < -0.39 is 6.10 Å². The first-order chi connectivity index (χ1) is 35.0. The summed E-state index contributed by atoms with van der Waals surface area (Å²) in [7, 11) is 0. The Bertz CT molecular complexity index is 1230. The number of rotatable bonds is 57. The van der Waals surface area contributed by atoms with Gasteiger partial charge in [-0.3, -0.25) is 14.4 Å². The van der Waals surface area contributed by atoms with E-state index in [2.05, 4.69) is 69.4 Å². The Hall–Kier alpha value is -2.63. The third kappa shape index (κ3) is 58.1. The second-order valence-electron chi connectivity index (χ2n) is 21.0. The van der Waals surface area contributed by atoms with Crippen molar-refractivity contribution in [3.8, 4) is 0 Å². The highest BCUT2D eigenvalue weighted by atomic mass is 16.6. The van der Waals surface area contributed by atoms with Crippen LogP contribution in [0.25, 0.3) is 0 Å². The van der Waals surface area contributed by atoms with Crippen molar-refractivity contribution in [3.05, 3.63) is 48.6 Å². The lowest BCUT2D eigenvalue weighted by molar-refractivity contribution is -0.167. The van der Waals surface area contributed by atoms with E-state index in [-0.39, 0.29) is 31.1 Å². The summed E-state index contributed by atoms with van der Waals surface area (Å²) in [6, 6.07) is 0. The van der Waals surface area contributed by atoms with Gasteiger partial charge in [-0.2, -0.15) is 0 Å². The molecule has 6 heteroatoms. The Kier molecular flexibility index (Phi) is 57.7. The number of unbranched alkanes of at least 4 members (excludes halogenated alkanes) is 38. The standard InChI is InChI=1S/C65H118O6/c1-4-7-10-13-15-17-19-21-23-25-27-28-29-30-31-32-33-34-35-36-38-39-41-43-45-47-49-52-55-58-64(67)70-61-62(60-69-63(66)57-54-51-12-9-6-3)71-65(68)59-56-53-50-48-46-44-42-40-37-26-24-22-20-18-16-14-11-8-5-2/h16,18-19,21-22,24-25,27,62H,4-15,17,20,23,26,28-61H2,1-3H3/b18-16-,21-19-,24-22-,27-25-. The van der Waals surface area contributed by atoms with Gasteiger partial charge in [0, 0.05) is 19.3 Å². The van der Waals surface area contributed by atoms with Gasteiger partial charge in [0.05, 0.1) is 0 Å². The number of ether oxygens (including phenoxy) is 3. The maximum absolute atomic E-state index is 12.8. The molecule has 0 saturated carbocycles. The maximum atomic E-state index is 12.8. The molecule has 1 atom stereocenters. The summed E-state index contributed by atoms with van der Waals surface area (Å²) in [5.74, 6) is -0.875. The van der Waals surface area contributed by atoms with Crippen LogP contribution in [0.3, 0.4) is 0 Å². The molecule has 0 aliphatic rings. The van der Waals surface area contributed by atoms with Gasteiger partial charge in [-0.1, -0.05) is 275 Å². The summed E-state index contributed by atoms with van der Waals surface area (Å²) in [6.45, 7) is 6.56. The van der Waals surface area contributed by atoms with E-state index in [4.69, 9.17) is 14.2 Å². The Morgan fingerprint density at radius 1 is 0.282 bits per heavy atom. The minimum atomic E-state index is -0.770. The molecule has 0 aromatic heterocycles. The molecule has 71 heavy (non-hydrogen) atoms. The molecule has 1 unspecified atom stereocenters. The highest BCUT2D eigenvalue weighted by Gasteiger charge is 2.19. The van der Waals surface area contributed by atoms with Crippen LogP contribution in [-0.4, -0.2) is 37.2 Å². The van der Waals surface area contributed by atoms with Gasteiger partial charge in [0.15, 0.2) is 6.10 Å². The fraction of sp³-hybridized carbons (Fsp3) is 0.831. The lowest BCUT2D eigenvalue weighted by Gasteiger charge is -2.18. The summed E-state index contributed by atoms with van der Waals surface area (Å²) in [6.07, 6.45) is 74.5. The number of esters is 3. The van der Waals surface area contributed by atoms with Crippen LogP contribution in [0.5, 0.6) is 0 Å². The second kappa shape index (κ2) is 59.9. The van der Waals surface area contributed by atoms with Gasteiger partial charge in [0.2, 0.25) is 0 Å². The van der Waals surface area contributed by atoms with Crippen molar-refractivity contribution in [3.63, 3.8) is 0 Å². The average molecular weight is 996 g/mol. The van der Waals surface area contributed by atoms with Gasteiger partial charge < -0.3 is 14.2 Å². The van der Waals surface area contributed by atoms with E-state index in [0.29, 0.717) is 19.3 Å². The number of allylic oxidation sites excluding steroid dienone is 8. The van der Waals surface area contributed by atoms with Crippen LogP contribution < -0.4 is 0 Å². The predicted octanol–water partition coefficient (Wildman–Crippen LogP) is 21.0. The average Bonchev–Trinajstić information content (AvgIpc) is 3.37. The largest absolute Gasteiger partial charge is 0.462 e. The smallest absolute Gasteiger partial charge is 0.306 e. The van der Waals surface area contributed by atoms with E-state index in [9.17, 15) is 14.4 Å². The van der Waals surface area contributed by atoms with E-state index in [1.54, 1.807) is 0 Å². The molecule has 6 nitrogen and oxygen atoms in total. The summed E-state index contributed by atoms with van der Waals surface area (Å²) >= 11 is 0. The first-order valence-electron chi connectivity index (χ1n) is 31.1. The molecule has 0 aliphatic carbocycles. The number of carbonyl (C=O) groups excluding carboxylic acids is 3. The molecule has 0 saturated heterocycles. The van der Waals surface area contributed by atoms with E-state index in [1.165, 1.54) is 212 Å². The van der Waals surface area contributed by atoms with Gasteiger partial charge >= 0.3 is 17.9 Å². The van der Waals surface area contributed by atoms with Crippen molar-refractivity contribution in [2.24, 2.45) is 0 Å². The fourth-order valence-corrected chi connectivity index (χ4v) is 9.09. The minimum absolute atomic E-state index is 0.0719. The highest BCUT2D eigenvalue weighted by Crippen LogP contribution is 2.17. The Morgan fingerprint density at radius 3 is 0.803 bits per heavy atom. The van der Waals surface area contributed by atoms with Crippen LogP contribution in [0.2, 0.25) is 0 Å². The van der Waals surface area contributed by atoms with Crippen molar-refractivity contribution < 1.29 is 28.6 Å². The molecule has 0 aromatic carbocycles. The van der Waals surface area contributed by atoms with Crippen molar-refractivity contribution in [1.29, 1.82) is 0 Å². The predicted molar refractivity (Wildman–Crippen MR) is 307 cm³/mol. The summed E-state index contributed by atoms with van der Waals surface area (Å²) in [4.78, 5) is 37.9. The zero-order valence-corrected chi connectivity index (χ0v) is 47.5. The van der Waals surface area contributed by atoms with Crippen LogP contribution >= 0.6 is 0 Å². The highest BCUT2D eigenvalue weighted by molar-refractivity contribution is 5.71. The molecule has 0 bridgehead atoms. The third-order valence-corrected chi connectivity index (χ3v) is 13.8. The van der Waals surface area contributed by atoms with Crippen molar-refractivity contribution in [2.45, 2.75) is 335 Å². The number of carbonyl (C=O) groups is 3. The lowest BCUT2D eigenvalue weighted by Crippen LogP contribution is -2.30. The molecule has 0 rings (SSSR count). The molecule has 0 aromatic rings. The molecule has 0 aliphatic heterocycles. The second-order valence-corrected chi connectivity index (χ2v) is 21.0. The van der Waals surface area contributed by atoms with E-state index in [1.807, 2.05) is 0 Å². The molecular weight excluding hydrogens is 877 g/mol. The third-order valence-electron chi connectivity index (χ3n) is 13.8. The Balaban J connectivity index is 3.98. The summed E-state index contributed by atoms with van der Waals surface area (Å²) in [5.41, 5.74) is 0. The quantitative estimate of drug-likeness (QED) is 0.0261. The normalized spacial score (nSPS) is 12.3. The van der Waals surface area contributed by atoms with Crippen LogP contribution in [0, 0.1) is 0 Å². The first-order valence-corrected chi connectivity index (χ1v) is 31.1. The molecule has 0 fully saturated rings. The van der Waals surface area contributed by atoms with E-state index in [0.717, 1.165) is 77.0 Å². The Labute approximate surface area is 441 Å². The first kappa shape index (κ1) is 68.4. The van der Waals surface area contributed by atoms with Crippen molar-refractivity contribution in [1.82, 2.24) is 0 Å². The van der Waals surface area contributed by atoms with Crippen molar-refractivity contribution >= 4 is 17.9 Å². The van der Waals surface area contributed by atoms with Gasteiger partial charge in [0.1, 0.15) is 13.2 Å². The molecule has 0 N–H and O–H groups in total. The van der Waals surface area contributed by atoms with Gasteiger partial charge in [-0.15, -0.1) is 0 Å². The number of hydrogen-bond donors (Lipinski definition) is 0. The Morgan fingerprint density at radius 2 is 0.507 bits per heavy atom. The van der Waals surface area contributed by atoms with Crippen LogP contribution in [0.1, 0.15) is 329 Å². The zero-order chi connectivity index (χ0) is 51.4. The summed E-state index contributed by atoms with van der Waals surface area (Å²) in [5, 5.41) is 0. The van der Waals surface area contributed by atoms with Crippen molar-refractivity contribution in [2.75, 3.05) is 13.2 Å². The number of hydrogen-bond acceptors (Lipinski definition) is 6. The SMILES string of the molecule is CCCCC/C=C\C/C=C\CCCCCCCCCCCC(=O)OC(COC(=O)CCCCCCC)COC(=O)CCCCCCCCCCCCCCCCCCC/C=C\C/C=C\CCCCCCC. The van der Waals surface area contributed by atoms with E-state index >= 15 is 0 Å². The maximum Gasteiger partial charge on any atom is 0.306 e. The summed E-state index contributed by atoms with van der Waals surface area (Å²) < 4.78 is 16.8. The molecule has 0 heterocycles. The molecule has 414 valence electrons.